The lowest BCUT2D eigenvalue weighted by Crippen LogP contribution is -2.02. The second kappa shape index (κ2) is 7.22. The SMILES string of the molecule is CCCc1noc(CSc2nccn2Cc2ccccn2)n1. The predicted octanol–water partition coefficient (Wildman–Crippen LogP) is 2.95. The Labute approximate surface area is 133 Å². The lowest BCUT2D eigenvalue weighted by atomic mass is 10.3. The van der Waals surface area contributed by atoms with Gasteiger partial charge in [0.1, 0.15) is 0 Å². The Bertz CT molecular complexity index is 710. The summed E-state index contributed by atoms with van der Waals surface area (Å²) in [6.45, 7) is 2.80. The van der Waals surface area contributed by atoms with E-state index in [1.54, 1.807) is 24.2 Å². The molecular formula is C15H17N5OS. The molecule has 0 N–H and O–H groups in total. The Kier molecular flexibility index (Phi) is 4.85. The van der Waals surface area contributed by atoms with E-state index in [9.17, 15) is 0 Å². The van der Waals surface area contributed by atoms with Crippen LogP contribution in [0.15, 0.2) is 46.5 Å². The molecule has 0 radical (unpaired) electrons. The molecule has 3 rings (SSSR count). The van der Waals surface area contributed by atoms with Gasteiger partial charge in [-0.15, -0.1) is 0 Å². The number of hydrogen-bond donors (Lipinski definition) is 0. The molecule has 0 aliphatic heterocycles. The molecule has 0 aromatic carbocycles. The average Bonchev–Trinajstić information content (AvgIpc) is 3.16. The van der Waals surface area contributed by atoms with Crippen LogP contribution in [0, 0.1) is 0 Å². The zero-order valence-electron chi connectivity index (χ0n) is 12.3. The van der Waals surface area contributed by atoms with E-state index in [4.69, 9.17) is 4.52 Å². The molecule has 0 saturated heterocycles. The van der Waals surface area contributed by atoms with Gasteiger partial charge in [-0.3, -0.25) is 4.98 Å². The van der Waals surface area contributed by atoms with Crippen molar-refractivity contribution >= 4 is 11.8 Å². The Morgan fingerprint density at radius 1 is 1.23 bits per heavy atom. The maximum Gasteiger partial charge on any atom is 0.237 e. The van der Waals surface area contributed by atoms with Crippen LogP contribution < -0.4 is 0 Å². The van der Waals surface area contributed by atoms with E-state index < -0.39 is 0 Å². The van der Waals surface area contributed by atoms with Crippen molar-refractivity contribution in [3.05, 3.63) is 54.2 Å². The molecule has 3 aromatic rings. The van der Waals surface area contributed by atoms with Gasteiger partial charge in [0.25, 0.3) is 0 Å². The van der Waals surface area contributed by atoms with Crippen molar-refractivity contribution in [2.75, 3.05) is 0 Å². The third-order valence-electron chi connectivity index (χ3n) is 3.04. The molecule has 0 amide bonds. The van der Waals surface area contributed by atoms with E-state index in [1.165, 1.54) is 0 Å². The van der Waals surface area contributed by atoms with Crippen molar-refractivity contribution in [2.24, 2.45) is 0 Å². The predicted molar refractivity (Wildman–Crippen MR) is 83.4 cm³/mol. The highest BCUT2D eigenvalue weighted by Gasteiger charge is 2.10. The molecule has 0 bridgehead atoms. The molecule has 114 valence electrons. The average molecular weight is 315 g/mol. The fourth-order valence-corrected chi connectivity index (χ4v) is 2.82. The highest BCUT2D eigenvalue weighted by atomic mass is 32.2. The Morgan fingerprint density at radius 3 is 3.00 bits per heavy atom. The first-order valence-electron chi connectivity index (χ1n) is 7.20. The second-order valence-electron chi connectivity index (χ2n) is 4.80. The lowest BCUT2D eigenvalue weighted by molar-refractivity contribution is 0.384. The third-order valence-corrected chi connectivity index (χ3v) is 4.03. The van der Waals surface area contributed by atoms with E-state index in [0.29, 0.717) is 18.2 Å². The minimum absolute atomic E-state index is 0.621. The molecule has 0 atom stereocenters. The monoisotopic (exact) mass is 315 g/mol. The van der Waals surface area contributed by atoms with Crippen LogP contribution >= 0.6 is 11.8 Å². The zero-order valence-corrected chi connectivity index (χ0v) is 13.2. The fraction of sp³-hybridized carbons (Fsp3) is 0.333. The van der Waals surface area contributed by atoms with Gasteiger partial charge in [-0.25, -0.2) is 4.98 Å². The van der Waals surface area contributed by atoms with Gasteiger partial charge >= 0.3 is 0 Å². The van der Waals surface area contributed by atoms with Crippen molar-refractivity contribution in [3.8, 4) is 0 Å². The lowest BCUT2D eigenvalue weighted by Gasteiger charge is -2.05. The molecule has 7 heteroatoms. The first-order valence-corrected chi connectivity index (χ1v) is 8.19. The van der Waals surface area contributed by atoms with Gasteiger partial charge in [0.15, 0.2) is 11.0 Å². The summed E-state index contributed by atoms with van der Waals surface area (Å²) in [4.78, 5) is 13.1. The number of rotatable bonds is 7. The Hall–Kier alpha value is -2.15. The number of nitrogens with zero attached hydrogens (tertiary/aromatic N) is 5. The standard InChI is InChI=1S/C15H17N5OS/c1-2-5-13-18-14(21-19-13)11-22-15-17-8-9-20(15)10-12-6-3-4-7-16-12/h3-4,6-9H,2,5,10-11H2,1H3. The first-order chi connectivity index (χ1) is 10.8. The molecule has 0 saturated carbocycles. The van der Waals surface area contributed by atoms with Gasteiger partial charge < -0.3 is 9.09 Å². The molecule has 6 nitrogen and oxygen atoms in total. The molecule has 0 spiro atoms. The fourth-order valence-electron chi connectivity index (χ4n) is 2.02. The number of aromatic nitrogens is 5. The minimum atomic E-state index is 0.621. The van der Waals surface area contributed by atoms with Crippen molar-refractivity contribution in [3.63, 3.8) is 0 Å². The van der Waals surface area contributed by atoms with E-state index in [2.05, 4.69) is 31.6 Å². The van der Waals surface area contributed by atoms with Gasteiger partial charge in [-0.2, -0.15) is 4.98 Å². The molecule has 0 fully saturated rings. The van der Waals surface area contributed by atoms with Gasteiger partial charge in [0, 0.05) is 25.0 Å². The van der Waals surface area contributed by atoms with Gasteiger partial charge in [0.2, 0.25) is 5.89 Å². The van der Waals surface area contributed by atoms with Crippen LogP contribution in [0.1, 0.15) is 30.8 Å². The zero-order chi connectivity index (χ0) is 15.2. The molecule has 0 aliphatic carbocycles. The van der Waals surface area contributed by atoms with Crippen LogP contribution in [0.2, 0.25) is 0 Å². The smallest absolute Gasteiger partial charge is 0.237 e. The third kappa shape index (κ3) is 3.73. The van der Waals surface area contributed by atoms with Crippen LogP contribution in [-0.4, -0.2) is 24.7 Å². The van der Waals surface area contributed by atoms with Crippen molar-refractivity contribution in [1.82, 2.24) is 24.7 Å². The molecule has 0 aliphatic rings. The summed E-state index contributed by atoms with van der Waals surface area (Å²) in [7, 11) is 0. The normalized spacial score (nSPS) is 11.0. The summed E-state index contributed by atoms with van der Waals surface area (Å²) >= 11 is 1.59. The molecule has 3 aromatic heterocycles. The first kappa shape index (κ1) is 14.8. The number of imidazole rings is 1. The molecular weight excluding hydrogens is 298 g/mol. The number of aryl methyl sites for hydroxylation is 1. The van der Waals surface area contributed by atoms with E-state index >= 15 is 0 Å². The van der Waals surface area contributed by atoms with Crippen LogP contribution in [0.5, 0.6) is 0 Å². The minimum Gasteiger partial charge on any atom is -0.338 e. The molecule has 22 heavy (non-hydrogen) atoms. The summed E-state index contributed by atoms with van der Waals surface area (Å²) < 4.78 is 7.31. The van der Waals surface area contributed by atoms with Crippen LogP contribution in [0.25, 0.3) is 0 Å². The maximum atomic E-state index is 5.24. The molecule has 3 heterocycles. The van der Waals surface area contributed by atoms with Crippen LogP contribution in [0.4, 0.5) is 0 Å². The Morgan fingerprint density at radius 2 is 2.18 bits per heavy atom. The quantitative estimate of drug-likeness (QED) is 0.624. The maximum absolute atomic E-state index is 5.24. The Balaban J connectivity index is 1.62. The largest absolute Gasteiger partial charge is 0.338 e. The van der Waals surface area contributed by atoms with E-state index in [-0.39, 0.29) is 0 Å². The number of thioether (sulfide) groups is 1. The summed E-state index contributed by atoms with van der Waals surface area (Å²) in [6, 6.07) is 5.90. The molecule has 0 unspecified atom stereocenters. The van der Waals surface area contributed by atoms with Gasteiger partial charge in [-0.1, -0.05) is 29.9 Å². The van der Waals surface area contributed by atoms with Crippen molar-refractivity contribution in [2.45, 2.75) is 37.2 Å². The van der Waals surface area contributed by atoms with Crippen molar-refractivity contribution < 1.29 is 4.52 Å². The summed E-state index contributed by atoms with van der Waals surface area (Å²) in [5.41, 5.74) is 1.00. The van der Waals surface area contributed by atoms with Crippen LogP contribution in [-0.2, 0) is 18.7 Å². The summed E-state index contributed by atoms with van der Waals surface area (Å²) in [5, 5.41) is 4.88. The number of pyridine rings is 1. The van der Waals surface area contributed by atoms with Crippen LogP contribution in [0.3, 0.4) is 0 Å². The highest BCUT2D eigenvalue weighted by molar-refractivity contribution is 7.98. The second-order valence-corrected chi connectivity index (χ2v) is 5.74. The highest BCUT2D eigenvalue weighted by Crippen LogP contribution is 2.21. The van der Waals surface area contributed by atoms with E-state index in [0.717, 1.165) is 29.5 Å². The van der Waals surface area contributed by atoms with Crippen molar-refractivity contribution in [1.29, 1.82) is 0 Å². The topological polar surface area (TPSA) is 69.6 Å². The summed E-state index contributed by atoms with van der Waals surface area (Å²) in [6.07, 6.45) is 7.41. The van der Waals surface area contributed by atoms with E-state index in [1.807, 2.05) is 24.4 Å². The number of hydrogen-bond acceptors (Lipinski definition) is 6. The van der Waals surface area contributed by atoms with Gasteiger partial charge in [0.05, 0.1) is 18.0 Å². The van der Waals surface area contributed by atoms with Gasteiger partial charge in [-0.05, 0) is 18.6 Å². The summed E-state index contributed by atoms with van der Waals surface area (Å²) in [5.74, 6) is 2.03.